The lowest BCUT2D eigenvalue weighted by Gasteiger charge is -2.20. The summed E-state index contributed by atoms with van der Waals surface area (Å²) in [5.74, 6) is 0. The Labute approximate surface area is 111 Å². The summed E-state index contributed by atoms with van der Waals surface area (Å²) in [5, 5.41) is 0. The van der Waals surface area contributed by atoms with Crippen LogP contribution in [0.25, 0.3) is 0 Å². The van der Waals surface area contributed by atoms with Gasteiger partial charge in [-0.25, -0.2) is 0 Å². The molecule has 0 fully saturated rings. The Morgan fingerprint density at radius 3 is 1.67 bits per heavy atom. The van der Waals surface area contributed by atoms with Crippen LogP contribution in [0.15, 0.2) is 12.4 Å². The van der Waals surface area contributed by atoms with Crippen molar-refractivity contribution in [3.63, 3.8) is 0 Å². The van der Waals surface area contributed by atoms with Crippen LogP contribution in [0.4, 0.5) is 0 Å². The number of unbranched alkanes of at least 4 members (excludes halogenated alkanes) is 2. The quantitative estimate of drug-likeness (QED) is 0.754. The molecule has 0 bridgehead atoms. The summed E-state index contributed by atoms with van der Waals surface area (Å²) in [6.45, 7) is 8.04. The molecule has 0 radical (unpaired) electrons. The predicted octanol–water partition coefficient (Wildman–Crippen LogP) is 2.14. The zero-order valence-corrected chi connectivity index (χ0v) is 12.5. The monoisotopic (exact) mass is 278 g/mol. The summed E-state index contributed by atoms with van der Waals surface area (Å²) in [6, 6.07) is 0. The molecule has 0 aromatic heterocycles. The second kappa shape index (κ2) is 9.22. The van der Waals surface area contributed by atoms with E-state index in [1.807, 2.05) is 0 Å². The highest BCUT2D eigenvalue weighted by atomic mass is 32.2. The Bertz CT molecular complexity index is 304. The normalized spacial score (nSPS) is 14.7. The summed E-state index contributed by atoms with van der Waals surface area (Å²) in [7, 11) is -3.67. The zero-order chi connectivity index (χ0) is 14.0. The van der Waals surface area contributed by atoms with E-state index in [1.54, 1.807) is 0 Å². The van der Waals surface area contributed by atoms with Crippen LogP contribution >= 0.6 is 0 Å². The van der Waals surface area contributed by atoms with E-state index in [0.717, 1.165) is 6.67 Å². The fourth-order valence-electron chi connectivity index (χ4n) is 1.53. The molecule has 1 aliphatic heterocycles. The van der Waals surface area contributed by atoms with Crippen LogP contribution < -0.4 is 0 Å². The molecule has 1 aliphatic rings. The smallest absolute Gasteiger partial charge is 0.261 e. The number of rotatable bonds is 6. The van der Waals surface area contributed by atoms with Crippen molar-refractivity contribution >= 4 is 10.1 Å². The standard InChI is InChI=1S/C11H22N2.CH4O3S/c1-3-5-7-12-9-10-13(11-12)8-6-4-2;1-5(2,3)4/h9-10H,3-8,11H2,1-2H3;1H3,(H,2,3,4). The van der Waals surface area contributed by atoms with E-state index in [9.17, 15) is 8.42 Å². The van der Waals surface area contributed by atoms with Gasteiger partial charge in [0.25, 0.3) is 10.1 Å². The molecule has 108 valence electrons. The minimum Gasteiger partial charge on any atom is -0.359 e. The van der Waals surface area contributed by atoms with Crippen molar-refractivity contribution < 1.29 is 13.0 Å². The Kier molecular flexibility index (Phi) is 8.83. The molecular formula is C12H26N2O3S. The van der Waals surface area contributed by atoms with Gasteiger partial charge in [-0.05, 0) is 12.8 Å². The van der Waals surface area contributed by atoms with Gasteiger partial charge in [-0.2, -0.15) is 8.42 Å². The van der Waals surface area contributed by atoms with E-state index in [4.69, 9.17) is 4.55 Å². The van der Waals surface area contributed by atoms with E-state index in [-0.39, 0.29) is 0 Å². The van der Waals surface area contributed by atoms with Gasteiger partial charge >= 0.3 is 0 Å². The van der Waals surface area contributed by atoms with Crippen molar-refractivity contribution in [3.8, 4) is 0 Å². The highest BCUT2D eigenvalue weighted by molar-refractivity contribution is 7.85. The Morgan fingerprint density at radius 2 is 1.39 bits per heavy atom. The number of hydrogen-bond donors (Lipinski definition) is 1. The van der Waals surface area contributed by atoms with Crippen LogP contribution in [-0.4, -0.2) is 48.8 Å². The molecule has 0 aromatic rings. The summed E-state index contributed by atoms with van der Waals surface area (Å²) in [5.41, 5.74) is 0. The predicted molar refractivity (Wildman–Crippen MR) is 74.7 cm³/mol. The van der Waals surface area contributed by atoms with Crippen LogP contribution in [0, 0.1) is 0 Å². The molecular weight excluding hydrogens is 252 g/mol. The van der Waals surface area contributed by atoms with Gasteiger partial charge in [0.1, 0.15) is 0 Å². The van der Waals surface area contributed by atoms with Crippen molar-refractivity contribution in [3.05, 3.63) is 12.4 Å². The molecule has 1 rings (SSSR count). The van der Waals surface area contributed by atoms with Gasteiger partial charge in [-0.15, -0.1) is 0 Å². The lowest BCUT2D eigenvalue weighted by Crippen LogP contribution is -2.26. The Hall–Kier alpha value is -0.750. The van der Waals surface area contributed by atoms with Crippen molar-refractivity contribution in [2.75, 3.05) is 26.0 Å². The average molecular weight is 278 g/mol. The van der Waals surface area contributed by atoms with Gasteiger partial charge in [0.05, 0.1) is 12.9 Å². The second-order valence-electron chi connectivity index (χ2n) is 4.50. The van der Waals surface area contributed by atoms with Crippen LogP contribution in [0.5, 0.6) is 0 Å². The zero-order valence-electron chi connectivity index (χ0n) is 11.7. The molecule has 6 heteroatoms. The first-order valence-corrected chi connectivity index (χ1v) is 8.30. The topological polar surface area (TPSA) is 60.9 Å². The van der Waals surface area contributed by atoms with Gasteiger partial charge in [0, 0.05) is 25.5 Å². The van der Waals surface area contributed by atoms with E-state index < -0.39 is 10.1 Å². The molecule has 0 aliphatic carbocycles. The van der Waals surface area contributed by atoms with Crippen molar-refractivity contribution in [2.24, 2.45) is 0 Å². The molecule has 0 aromatic carbocycles. The van der Waals surface area contributed by atoms with Crippen molar-refractivity contribution in [1.82, 2.24) is 9.80 Å². The first kappa shape index (κ1) is 17.2. The van der Waals surface area contributed by atoms with Gasteiger partial charge in [0.15, 0.2) is 0 Å². The molecule has 5 nitrogen and oxygen atoms in total. The molecule has 0 unspecified atom stereocenters. The second-order valence-corrected chi connectivity index (χ2v) is 5.97. The SMILES string of the molecule is CCCCN1C=CN(CCCC)C1.CS(=O)(=O)O. The Balaban J connectivity index is 0.000000494. The third kappa shape index (κ3) is 11.7. The average Bonchev–Trinajstić information content (AvgIpc) is 2.69. The van der Waals surface area contributed by atoms with E-state index in [0.29, 0.717) is 6.26 Å². The molecule has 0 amide bonds. The van der Waals surface area contributed by atoms with Gasteiger partial charge in [-0.1, -0.05) is 26.7 Å². The maximum absolute atomic E-state index is 9.19. The van der Waals surface area contributed by atoms with Crippen molar-refractivity contribution in [1.29, 1.82) is 0 Å². The van der Waals surface area contributed by atoms with E-state index >= 15 is 0 Å². The van der Waals surface area contributed by atoms with E-state index in [2.05, 4.69) is 36.0 Å². The highest BCUT2D eigenvalue weighted by Crippen LogP contribution is 2.08. The first-order valence-electron chi connectivity index (χ1n) is 6.45. The van der Waals surface area contributed by atoms with E-state index in [1.165, 1.54) is 38.8 Å². The van der Waals surface area contributed by atoms with Crippen LogP contribution in [0.3, 0.4) is 0 Å². The number of nitrogens with zero attached hydrogens (tertiary/aromatic N) is 2. The third-order valence-corrected chi connectivity index (χ3v) is 2.45. The van der Waals surface area contributed by atoms with Crippen LogP contribution in [0.2, 0.25) is 0 Å². The lowest BCUT2D eigenvalue weighted by atomic mass is 10.3. The third-order valence-electron chi connectivity index (χ3n) is 2.45. The first-order chi connectivity index (χ1) is 8.36. The van der Waals surface area contributed by atoms with Crippen LogP contribution in [0.1, 0.15) is 39.5 Å². The fraction of sp³-hybridized carbons (Fsp3) is 0.833. The molecule has 18 heavy (non-hydrogen) atoms. The van der Waals surface area contributed by atoms with Crippen LogP contribution in [-0.2, 0) is 10.1 Å². The minimum atomic E-state index is -3.67. The summed E-state index contributed by atoms with van der Waals surface area (Å²) >= 11 is 0. The van der Waals surface area contributed by atoms with Gasteiger partial charge < -0.3 is 9.80 Å². The number of hydrogen-bond acceptors (Lipinski definition) is 4. The van der Waals surface area contributed by atoms with Gasteiger partial charge in [-0.3, -0.25) is 4.55 Å². The Morgan fingerprint density at radius 1 is 1.06 bits per heavy atom. The summed E-state index contributed by atoms with van der Waals surface area (Å²) in [4.78, 5) is 4.80. The summed E-state index contributed by atoms with van der Waals surface area (Å²) < 4.78 is 25.9. The molecule has 0 spiro atoms. The largest absolute Gasteiger partial charge is 0.359 e. The maximum atomic E-state index is 9.19. The van der Waals surface area contributed by atoms with Gasteiger partial charge in [0.2, 0.25) is 0 Å². The minimum absolute atomic E-state index is 0.715. The molecule has 1 N–H and O–H groups in total. The molecule has 0 saturated carbocycles. The maximum Gasteiger partial charge on any atom is 0.261 e. The molecule has 1 heterocycles. The molecule has 0 atom stereocenters. The lowest BCUT2D eigenvalue weighted by molar-refractivity contribution is 0.260. The highest BCUT2D eigenvalue weighted by Gasteiger charge is 2.09. The van der Waals surface area contributed by atoms with Crippen molar-refractivity contribution in [2.45, 2.75) is 39.5 Å². The summed E-state index contributed by atoms with van der Waals surface area (Å²) in [6.07, 6.45) is 10.4. The molecule has 0 saturated heterocycles. The fourth-order valence-corrected chi connectivity index (χ4v) is 1.53.